The van der Waals surface area contributed by atoms with Crippen LogP contribution in [0, 0.1) is 8.99 Å². The van der Waals surface area contributed by atoms with Crippen LogP contribution in [0.1, 0.15) is 65.0 Å². The van der Waals surface area contributed by atoms with E-state index in [4.69, 9.17) is 4.74 Å². The number of carbonyl (C=O) groups is 2. The van der Waals surface area contributed by atoms with Gasteiger partial charge in [-0.2, -0.15) is 13.2 Å². The number of aliphatic hydroxyl groups is 1. The third-order valence-electron chi connectivity index (χ3n) is 5.58. The lowest BCUT2D eigenvalue weighted by molar-refractivity contribution is -0.146. The molecule has 3 N–H and O–H groups in total. The quantitative estimate of drug-likeness (QED) is 0.446. The molecule has 0 aliphatic heterocycles. The summed E-state index contributed by atoms with van der Waals surface area (Å²) >= 11 is 1.80. The lowest BCUT2D eigenvalue weighted by Gasteiger charge is -2.39. The van der Waals surface area contributed by atoms with Crippen LogP contribution in [0.25, 0.3) is 0 Å². The molecule has 0 aromatic heterocycles. The van der Waals surface area contributed by atoms with Crippen molar-refractivity contribution in [2.45, 2.75) is 83.8 Å². The van der Waals surface area contributed by atoms with E-state index in [-0.39, 0.29) is 19.0 Å². The average molecular weight is 570 g/mol. The minimum absolute atomic E-state index is 0.110. The van der Waals surface area contributed by atoms with Crippen molar-refractivity contribution in [2.75, 3.05) is 0 Å². The monoisotopic (exact) mass is 570 g/mol. The highest BCUT2D eigenvalue weighted by Gasteiger charge is 2.54. The molecular weight excluding hydrogens is 540 g/mol. The van der Waals surface area contributed by atoms with Gasteiger partial charge < -0.3 is 20.5 Å². The van der Waals surface area contributed by atoms with E-state index in [1.165, 1.54) is 13.8 Å². The van der Waals surface area contributed by atoms with E-state index in [1.807, 2.05) is 0 Å². The molecule has 0 spiro atoms. The highest BCUT2D eigenvalue weighted by atomic mass is 127. The Kier molecular flexibility index (Phi) is 7.81. The van der Waals surface area contributed by atoms with Gasteiger partial charge in [0.05, 0.1) is 16.6 Å². The van der Waals surface area contributed by atoms with Crippen LogP contribution < -0.4 is 10.6 Å². The van der Waals surface area contributed by atoms with Crippen molar-refractivity contribution in [3.05, 3.63) is 32.9 Å². The number of hydrogen-bond acceptors (Lipinski definition) is 4. The summed E-state index contributed by atoms with van der Waals surface area (Å²) in [4.78, 5) is 25.3. The van der Waals surface area contributed by atoms with E-state index in [2.05, 4.69) is 10.6 Å². The summed E-state index contributed by atoms with van der Waals surface area (Å²) in [6, 6.07) is 3.22. The molecule has 0 bridgehead atoms. The van der Waals surface area contributed by atoms with Crippen LogP contribution in [0.15, 0.2) is 18.2 Å². The molecule has 10 heteroatoms. The Hall–Kier alpha value is -1.56. The fraction of sp³-hybridized carbons (Fsp3) is 0.636. The summed E-state index contributed by atoms with van der Waals surface area (Å²) in [6.45, 7) is 8.16. The van der Waals surface area contributed by atoms with Gasteiger partial charge in [0.15, 0.2) is 0 Å². The maximum Gasteiger partial charge on any atom is 0.416 e. The zero-order chi connectivity index (χ0) is 24.5. The summed E-state index contributed by atoms with van der Waals surface area (Å²) in [5, 5.41) is 16.3. The van der Waals surface area contributed by atoms with E-state index in [1.54, 1.807) is 49.4 Å². The fourth-order valence-corrected chi connectivity index (χ4v) is 4.69. The molecule has 180 valence electrons. The van der Waals surface area contributed by atoms with Gasteiger partial charge in [0.2, 0.25) is 5.91 Å². The fourth-order valence-electron chi connectivity index (χ4n) is 3.95. The standard InChI is InChI=1S/C22H30F3IN2O4/c1-19(2,3)32-18(30)28-16-6-7-21(11-16,20(4,5)31)17(29)27-12-13-8-14(22(23,24)25)10-15(26)9-13/h8-10,16,31H,6-7,11-12H2,1-5H3,(H,27,29)(H,28,30)/t16?,21-/m1/s1. The van der Waals surface area contributed by atoms with Crippen LogP contribution in [0.5, 0.6) is 0 Å². The van der Waals surface area contributed by atoms with Crippen molar-refractivity contribution in [1.29, 1.82) is 0 Å². The maximum atomic E-state index is 13.2. The van der Waals surface area contributed by atoms with Gasteiger partial charge in [0.25, 0.3) is 0 Å². The highest BCUT2D eigenvalue weighted by Crippen LogP contribution is 2.47. The largest absolute Gasteiger partial charge is 0.444 e. The molecule has 1 fully saturated rings. The number of alkyl halides is 3. The maximum absolute atomic E-state index is 13.2. The Morgan fingerprint density at radius 1 is 1.19 bits per heavy atom. The predicted octanol–water partition coefficient (Wildman–Crippen LogP) is 4.76. The molecule has 2 rings (SSSR count). The minimum Gasteiger partial charge on any atom is -0.444 e. The molecule has 6 nitrogen and oxygen atoms in total. The van der Waals surface area contributed by atoms with Crippen molar-refractivity contribution >= 4 is 34.6 Å². The molecular formula is C22H30F3IN2O4. The van der Waals surface area contributed by atoms with Crippen molar-refractivity contribution in [1.82, 2.24) is 10.6 Å². The van der Waals surface area contributed by atoms with Crippen molar-refractivity contribution in [3.63, 3.8) is 0 Å². The van der Waals surface area contributed by atoms with Gasteiger partial charge in [-0.05, 0) is 100 Å². The number of halogens is 4. The molecule has 2 amide bonds. The second-order valence-corrected chi connectivity index (χ2v) is 11.0. The summed E-state index contributed by atoms with van der Waals surface area (Å²) in [5.41, 5.74) is -3.76. The van der Waals surface area contributed by atoms with Crippen LogP contribution in [0.4, 0.5) is 18.0 Å². The van der Waals surface area contributed by atoms with Crippen LogP contribution in [-0.2, 0) is 22.3 Å². The number of alkyl carbamates (subject to hydrolysis) is 1. The third kappa shape index (κ3) is 6.72. The molecule has 1 aliphatic rings. The van der Waals surface area contributed by atoms with Gasteiger partial charge in [-0.25, -0.2) is 4.79 Å². The number of benzene rings is 1. The Morgan fingerprint density at radius 3 is 2.34 bits per heavy atom. The molecule has 1 aromatic carbocycles. The number of carbonyl (C=O) groups excluding carboxylic acids is 2. The van der Waals surface area contributed by atoms with Crippen molar-refractivity contribution in [2.24, 2.45) is 5.41 Å². The summed E-state index contributed by atoms with van der Waals surface area (Å²) < 4.78 is 44.9. The van der Waals surface area contributed by atoms with E-state index >= 15 is 0 Å². The zero-order valence-corrected chi connectivity index (χ0v) is 21.0. The predicted molar refractivity (Wildman–Crippen MR) is 122 cm³/mol. The van der Waals surface area contributed by atoms with E-state index in [0.29, 0.717) is 22.0 Å². The number of hydrogen-bond donors (Lipinski definition) is 3. The molecule has 32 heavy (non-hydrogen) atoms. The second-order valence-electron chi connectivity index (χ2n) is 9.76. The Labute approximate surface area is 199 Å². The minimum atomic E-state index is -4.49. The zero-order valence-electron chi connectivity index (χ0n) is 18.8. The Bertz CT molecular complexity index is 862. The van der Waals surface area contributed by atoms with Gasteiger partial charge in [0.1, 0.15) is 5.60 Å². The number of ether oxygens (including phenoxy) is 1. The number of amides is 2. The molecule has 0 saturated heterocycles. The normalized spacial score (nSPS) is 21.9. The van der Waals surface area contributed by atoms with Crippen LogP contribution >= 0.6 is 22.6 Å². The van der Waals surface area contributed by atoms with E-state index in [9.17, 15) is 27.9 Å². The molecule has 1 unspecified atom stereocenters. The molecule has 1 saturated carbocycles. The molecule has 2 atom stereocenters. The molecule has 1 aromatic rings. The first-order valence-electron chi connectivity index (χ1n) is 10.3. The molecule has 0 heterocycles. The number of nitrogens with one attached hydrogen (secondary N) is 2. The van der Waals surface area contributed by atoms with Crippen LogP contribution in [0.2, 0.25) is 0 Å². The third-order valence-corrected chi connectivity index (χ3v) is 6.20. The lowest BCUT2D eigenvalue weighted by atomic mass is 9.71. The second kappa shape index (κ2) is 9.36. The van der Waals surface area contributed by atoms with Crippen LogP contribution in [-0.4, -0.2) is 34.4 Å². The van der Waals surface area contributed by atoms with Gasteiger partial charge in [-0.15, -0.1) is 0 Å². The van der Waals surface area contributed by atoms with E-state index in [0.717, 1.165) is 12.1 Å². The van der Waals surface area contributed by atoms with Crippen molar-refractivity contribution < 1.29 is 32.6 Å². The number of rotatable bonds is 5. The van der Waals surface area contributed by atoms with Crippen molar-refractivity contribution in [3.8, 4) is 0 Å². The summed E-state index contributed by atoms with van der Waals surface area (Å²) in [5.74, 6) is -0.467. The smallest absolute Gasteiger partial charge is 0.416 e. The Morgan fingerprint density at radius 2 is 1.81 bits per heavy atom. The van der Waals surface area contributed by atoms with Gasteiger partial charge in [-0.1, -0.05) is 0 Å². The Balaban J connectivity index is 2.13. The topological polar surface area (TPSA) is 87.7 Å². The first-order chi connectivity index (χ1) is 14.4. The summed E-state index contributed by atoms with van der Waals surface area (Å²) in [6.07, 6.45) is -4.14. The SMILES string of the molecule is CC(C)(C)OC(=O)NC1CC[C@@](C(=O)NCc2cc(I)cc(C(F)(F)F)c2)(C(C)(C)O)C1. The first kappa shape index (κ1) is 26.7. The average Bonchev–Trinajstić information content (AvgIpc) is 3.01. The molecule has 1 aliphatic carbocycles. The van der Waals surface area contributed by atoms with Gasteiger partial charge >= 0.3 is 12.3 Å². The lowest BCUT2D eigenvalue weighted by Crippen LogP contribution is -2.53. The summed E-state index contributed by atoms with van der Waals surface area (Å²) in [7, 11) is 0. The van der Waals surface area contributed by atoms with Gasteiger partial charge in [0, 0.05) is 16.2 Å². The van der Waals surface area contributed by atoms with Crippen LogP contribution in [0.3, 0.4) is 0 Å². The first-order valence-corrected chi connectivity index (χ1v) is 11.4. The van der Waals surface area contributed by atoms with E-state index < -0.39 is 40.4 Å². The molecule has 0 radical (unpaired) electrons. The van der Waals surface area contributed by atoms with Gasteiger partial charge in [-0.3, -0.25) is 4.79 Å². The highest BCUT2D eigenvalue weighted by molar-refractivity contribution is 14.1.